The van der Waals surface area contributed by atoms with E-state index >= 15 is 0 Å². The molecule has 4 N–H and O–H groups in total. The molecule has 7 heavy (non-hydrogen) atoms. The first-order valence-electron chi connectivity index (χ1n) is 1.96. The summed E-state index contributed by atoms with van der Waals surface area (Å²) in [6.45, 7) is 0.534. The van der Waals surface area contributed by atoms with Crippen LogP contribution in [0.25, 0.3) is 0 Å². The van der Waals surface area contributed by atoms with Crippen LogP contribution in [0.3, 0.4) is 0 Å². The van der Waals surface area contributed by atoms with Gasteiger partial charge in [-0.3, -0.25) is 0 Å². The van der Waals surface area contributed by atoms with E-state index < -0.39 is 5.97 Å². The standard InChI is InChI=1S/C4H7NO2/c5-3-1-2-4(6)7/h1-2H,3,5H2,(H,6,7)/p+1/b2-1+. The maximum atomic E-state index is 9.64. The summed E-state index contributed by atoms with van der Waals surface area (Å²) in [7, 11) is 0. The smallest absolute Gasteiger partial charge is 0.328 e. The van der Waals surface area contributed by atoms with E-state index in [-0.39, 0.29) is 0 Å². The lowest BCUT2D eigenvalue weighted by atomic mass is 10.5. The fraction of sp³-hybridized carbons (Fsp3) is 0.250. The summed E-state index contributed by atoms with van der Waals surface area (Å²) in [6, 6.07) is 0. The second kappa shape index (κ2) is 3.36. The van der Waals surface area contributed by atoms with Gasteiger partial charge in [0.1, 0.15) is 0 Å². The third-order valence-corrected chi connectivity index (χ3v) is 0.427. The maximum Gasteiger partial charge on any atom is 0.328 e. The largest absolute Gasteiger partial charge is 0.478 e. The van der Waals surface area contributed by atoms with Crippen LogP contribution < -0.4 is 5.73 Å². The van der Waals surface area contributed by atoms with E-state index in [9.17, 15) is 4.79 Å². The van der Waals surface area contributed by atoms with E-state index in [1.807, 2.05) is 0 Å². The van der Waals surface area contributed by atoms with Crippen molar-refractivity contribution >= 4 is 5.97 Å². The SMILES string of the molecule is [NH3+]C/C=C/C(=O)O. The first-order chi connectivity index (χ1) is 3.27. The first kappa shape index (κ1) is 6.17. The molecule has 0 heterocycles. The molecule has 0 aromatic rings. The van der Waals surface area contributed by atoms with Crippen LogP contribution in [0.4, 0.5) is 0 Å². The van der Waals surface area contributed by atoms with Crippen LogP contribution in [0.1, 0.15) is 0 Å². The lowest BCUT2D eigenvalue weighted by Gasteiger charge is -1.72. The van der Waals surface area contributed by atoms with E-state index in [1.54, 1.807) is 0 Å². The highest BCUT2D eigenvalue weighted by atomic mass is 16.4. The predicted molar refractivity (Wildman–Crippen MR) is 24.5 cm³/mol. The fourth-order valence-electron chi connectivity index (χ4n) is 0.184. The van der Waals surface area contributed by atoms with Crippen LogP contribution in [0.5, 0.6) is 0 Å². The minimum atomic E-state index is -0.913. The van der Waals surface area contributed by atoms with Crippen LogP contribution in [0.15, 0.2) is 12.2 Å². The minimum absolute atomic E-state index is 0.534. The average Bonchev–Trinajstić information content (AvgIpc) is 1.61. The molecule has 0 bridgehead atoms. The second-order valence-electron chi connectivity index (χ2n) is 1.03. The summed E-state index contributed by atoms with van der Waals surface area (Å²) in [5, 5.41) is 7.93. The predicted octanol–water partition coefficient (Wildman–Crippen LogP) is -1.13. The Morgan fingerprint density at radius 2 is 2.43 bits per heavy atom. The molecule has 0 aliphatic rings. The Morgan fingerprint density at radius 1 is 1.86 bits per heavy atom. The van der Waals surface area contributed by atoms with Crippen molar-refractivity contribution in [2.45, 2.75) is 0 Å². The molecule has 3 nitrogen and oxygen atoms in total. The molecule has 0 fully saturated rings. The van der Waals surface area contributed by atoms with Gasteiger partial charge in [0.15, 0.2) is 0 Å². The van der Waals surface area contributed by atoms with Crippen LogP contribution in [0, 0.1) is 0 Å². The highest BCUT2D eigenvalue weighted by molar-refractivity contribution is 5.79. The number of rotatable bonds is 2. The molecular weight excluding hydrogens is 94.0 g/mol. The van der Waals surface area contributed by atoms with Crippen molar-refractivity contribution in [3.63, 3.8) is 0 Å². The number of hydrogen-bond acceptors (Lipinski definition) is 1. The van der Waals surface area contributed by atoms with E-state index in [0.29, 0.717) is 6.54 Å². The molecule has 0 aromatic carbocycles. The molecule has 0 aliphatic carbocycles. The van der Waals surface area contributed by atoms with Crippen molar-refractivity contribution in [1.82, 2.24) is 0 Å². The van der Waals surface area contributed by atoms with Crippen molar-refractivity contribution < 1.29 is 15.6 Å². The minimum Gasteiger partial charge on any atom is -0.478 e. The summed E-state index contributed by atoms with van der Waals surface area (Å²) in [4.78, 5) is 9.64. The molecule has 0 spiro atoms. The van der Waals surface area contributed by atoms with Crippen molar-refractivity contribution in [3.8, 4) is 0 Å². The molecular formula is C4H8NO2+. The zero-order chi connectivity index (χ0) is 5.70. The quantitative estimate of drug-likeness (QED) is 0.433. The van der Waals surface area contributed by atoms with Crippen LogP contribution in [0.2, 0.25) is 0 Å². The number of carbonyl (C=O) groups is 1. The van der Waals surface area contributed by atoms with E-state index in [2.05, 4.69) is 5.73 Å². The number of carboxylic acid groups (broad SMARTS) is 1. The second-order valence-corrected chi connectivity index (χ2v) is 1.03. The molecule has 0 atom stereocenters. The van der Waals surface area contributed by atoms with E-state index in [4.69, 9.17) is 5.11 Å². The topological polar surface area (TPSA) is 64.9 Å². The van der Waals surface area contributed by atoms with Gasteiger partial charge in [0.2, 0.25) is 0 Å². The fourth-order valence-corrected chi connectivity index (χ4v) is 0.184. The van der Waals surface area contributed by atoms with Crippen LogP contribution in [-0.2, 0) is 4.79 Å². The Labute approximate surface area is 41.4 Å². The van der Waals surface area contributed by atoms with Gasteiger partial charge >= 0.3 is 5.97 Å². The molecule has 0 aromatic heterocycles. The van der Waals surface area contributed by atoms with Crippen LogP contribution in [-0.4, -0.2) is 17.6 Å². The van der Waals surface area contributed by atoms with Gasteiger partial charge < -0.3 is 10.8 Å². The lowest BCUT2D eigenvalue weighted by molar-refractivity contribution is -0.352. The number of carboxylic acids is 1. The average molecular weight is 102 g/mol. The molecule has 0 saturated carbocycles. The molecule has 0 rings (SSSR count). The van der Waals surface area contributed by atoms with Gasteiger partial charge in [-0.25, -0.2) is 4.79 Å². The lowest BCUT2D eigenvalue weighted by Crippen LogP contribution is -2.49. The molecule has 40 valence electrons. The molecule has 0 amide bonds. The summed E-state index contributed by atoms with van der Waals surface area (Å²) >= 11 is 0. The van der Waals surface area contributed by atoms with Gasteiger partial charge in [0.25, 0.3) is 0 Å². The van der Waals surface area contributed by atoms with E-state index in [0.717, 1.165) is 6.08 Å². The summed E-state index contributed by atoms with van der Waals surface area (Å²) in [5.74, 6) is -0.913. The van der Waals surface area contributed by atoms with Gasteiger partial charge in [-0.05, 0) is 6.08 Å². The normalized spacial score (nSPS) is 9.86. The molecule has 0 saturated heterocycles. The van der Waals surface area contributed by atoms with Gasteiger partial charge in [-0.2, -0.15) is 0 Å². The van der Waals surface area contributed by atoms with Gasteiger partial charge in [-0.15, -0.1) is 0 Å². The number of aliphatic carboxylic acids is 1. The molecule has 0 aliphatic heterocycles. The van der Waals surface area contributed by atoms with Crippen molar-refractivity contribution in [2.24, 2.45) is 0 Å². The van der Waals surface area contributed by atoms with Gasteiger partial charge in [0.05, 0.1) is 6.54 Å². The Bertz CT molecular complexity index is 87.7. The zero-order valence-corrected chi connectivity index (χ0v) is 3.92. The number of hydrogen-bond donors (Lipinski definition) is 2. The Morgan fingerprint density at radius 3 is 2.57 bits per heavy atom. The summed E-state index contributed by atoms with van der Waals surface area (Å²) in [6.07, 6.45) is 2.56. The Kier molecular flexibility index (Phi) is 2.96. The highest BCUT2D eigenvalue weighted by Crippen LogP contribution is 1.64. The van der Waals surface area contributed by atoms with Gasteiger partial charge in [0, 0.05) is 6.08 Å². The highest BCUT2D eigenvalue weighted by Gasteiger charge is 1.80. The van der Waals surface area contributed by atoms with E-state index in [1.165, 1.54) is 6.08 Å². The van der Waals surface area contributed by atoms with Crippen molar-refractivity contribution in [2.75, 3.05) is 6.54 Å². The summed E-state index contributed by atoms with van der Waals surface area (Å²) in [5.41, 5.74) is 3.41. The summed E-state index contributed by atoms with van der Waals surface area (Å²) < 4.78 is 0. The first-order valence-corrected chi connectivity index (χ1v) is 1.96. The third kappa shape index (κ3) is 5.17. The zero-order valence-electron chi connectivity index (χ0n) is 3.92. The molecule has 3 heteroatoms. The monoisotopic (exact) mass is 102 g/mol. The molecule has 0 radical (unpaired) electrons. The van der Waals surface area contributed by atoms with Gasteiger partial charge in [-0.1, -0.05) is 0 Å². The van der Waals surface area contributed by atoms with Crippen LogP contribution >= 0.6 is 0 Å². The van der Waals surface area contributed by atoms with Crippen molar-refractivity contribution in [1.29, 1.82) is 0 Å². The Hall–Kier alpha value is -0.830. The Balaban J connectivity index is 3.26. The maximum absolute atomic E-state index is 9.64. The molecule has 0 unspecified atom stereocenters. The third-order valence-electron chi connectivity index (χ3n) is 0.427. The number of quaternary nitrogens is 1. The van der Waals surface area contributed by atoms with Crippen molar-refractivity contribution in [3.05, 3.63) is 12.2 Å².